The minimum absolute atomic E-state index is 0.0744. The summed E-state index contributed by atoms with van der Waals surface area (Å²) in [4.78, 5) is 13.5. The zero-order valence-corrected chi connectivity index (χ0v) is 17.3. The van der Waals surface area contributed by atoms with Crippen LogP contribution in [0.15, 0.2) is 34.6 Å². The fourth-order valence-corrected chi connectivity index (χ4v) is 3.51. The second-order valence-corrected chi connectivity index (χ2v) is 8.87. The van der Waals surface area contributed by atoms with Gasteiger partial charge in [0, 0.05) is 11.8 Å². The van der Waals surface area contributed by atoms with Gasteiger partial charge >= 0.3 is 0 Å². The van der Waals surface area contributed by atoms with Gasteiger partial charge in [-0.3, -0.25) is 0 Å². The molecule has 1 N–H and O–H groups in total. The number of hydrogen-bond acceptors (Lipinski definition) is 8. The van der Waals surface area contributed by atoms with E-state index >= 15 is 0 Å². The van der Waals surface area contributed by atoms with E-state index in [2.05, 4.69) is 20.4 Å². The molecule has 0 saturated carbocycles. The molecule has 156 valence electrons. The van der Waals surface area contributed by atoms with E-state index in [1.54, 1.807) is 13.8 Å². The number of ether oxygens (including phenoxy) is 1. The molecule has 2 heterocycles. The highest BCUT2D eigenvalue weighted by atomic mass is 32.2. The van der Waals surface area contributed by atoms with E-state index < -0.39 is 15.7 Å². The highest BCUT2D eigenvalue weighted by molar-refractivity contribution is 7.90. The second kappa shape index (κ2) is 8.83. The molecule has 1 saturated heterocycles. The largest absolute Gasteiger partial charge is 0.474 e. The molecule has 0 atom stereocenters. The van der Waals surface area contributed by atoms with Crippen molar-refractivity contribution < 1.29 is 22.4 Å². The molecule has 0 aliphatic carbocycles. The molecule has 0 bridgehead atoms. The number of nitrogens with zero attached hydrogens (tertiary/aromatic N) is 3. The number of oxime groups is 1. The van der Waals surface area contributed by atoms with Gasteiger partial charge in [-0.2, -0.15) is 4.98 Å². The molecule has 1 aromatic carbocycles. The number of sulfone groups is 1. The third-order valence-electron chi connectivity index (χ3n) is 4.58. The highest BCUT2D eigenvalue weighted by Crippen LogP contribution is 2.25. The Bertz CT molecular complexity index is 1020. The Kier molecular flexibility index (Phi) is 6.43. The summed E-state index contributed by atoms with van der Waals surface area (Å²) in [6, 6.07) is 3.64. The van der Waals surface area contributed by atoms with Crippen LogP contribution >= 0.6 is 0 Å². The van der Waals surface area contributed by atoms with Crippen LogP contribution in [0.2, 0.25) is 0 Å². The van der Waals surface area contributed by atoms with Crippen LogP contribution in [0, 0.1) is 12.7 Å². The summed E-state index contributed by atoms with van der Waals surface area (Å²) in [5, 5.41) is 7.21. The van der Waals surface area contributed by atoms with Crippen molar-refractivity contribution >= 4 is 15.5 Å². The number of aromatic nitrogens is 2. The fourth-order valence-electron chi connectivity index (χ4n) is 2.88. The first kappa shape index (κ1) is 21.1. The minimum Gasteiger partial charge on any atom is -0.474 e. The van der Waals surface area contributed by atoms with Crippen LogP contribution in [0.25, 0.3) is 0 Å². The Morgan fingerprint density at radius 1 is 1.24 bits per heavy atom. The Morgan fingerprint density at radius 3 is 2.59 bits per heavy atom. The monoisotopic (exact) mass is 422 g/mol. The molecular weight excluding hydrogens is 399 g/mol. The average molecular weight is 422 g/mol. The van der Waals surface area contributed by atoms with Crippen LogP contribution in [0.3, 0.4) is 0 Å². The maximum absolute atomic E-state index is 14.3. The van der Waals surface area contributed by atoms with Gasteiger partial charge in [-0.15, -0.1) is 0 Å². The molecule has 1 aliphatic rings. The molecule has 1 fully saturated rings. The molecule has 8 nitrogen and oxygen atoms in total. The Morgan fingerprint density at radius 2 is 1.93 bits per heavy atom. The van der Waals surface area contributed by atoms with Gasteiger partial charge in [0.2, 0.25) is 5.88 Å². The van der Waals surface area contributed by atoms with E-state index in [9.17, 15) is 12.8 Å². The molecule has 10 heteroatoms. The highest BCUT2D eigenvalue weighted by Gasteiger charge is 2.18. The van der Waals surface area contributed by atoms with Crippen molar-refractivity contribution in [3.63, 3.8) is 0 Å². The first-order chi connectivity index (χ1) is 13.8. The van der Waals surface area contributed by atoms with E-state index in [1.165, 1.54) is 18.5 Å². The Balaban J connectivity index is 1.76. The van der Waals surface area contributed by atoms with Crippen molar-refractivity contribution in [3.05, 3.63) is 41.5 Å². The van der Waals surface area contributed by atoms with E-state index in [0.717, 1.165) is 38.3 Å². The summed E-state index contributed by atoms with van der Waals surface area (Å²) in [5.74, 6) is -0.0676. The average Bonchev–Trinajstić information content (AvgIpc) is 2.68. The Hall–Kier alpha value is -2.59. The van der Waals surface area contributed by atoms with Crippen LogP contribution in [-0.2, 0) is 9.84 Å². The maximum Gasteiger partial charge on any atom is 0.258 e. The van der Waals surface area contributed by atoms with Gasteiger partial charge in [-0.05, 0) is 58.0 Å². The third-order valence-corrected chi connectivity index (χ3v) is 5.69. The van der Waals surface area contributed by atoms with E-state index in [4.69, 9.17) is 9.57 Å². The number of halogens is 1. The Labute approximate surface area is 169 Å². The van der Waals surface area contributed by atoms with Gasteiger partial charge in [0.1, 0.15) is 18.2 Å². The van der Waals surface area contributed by atoms with E-state index in [0.29, 0.717) is 11.4 Å². The molecule has 0 radical (unpaired) electrons. The number of nitrogens with one attached hydrogen (secondary N) is 1. The van der Waals surface area contributed by atoms with Gasteiger partial charge < -0.3 is 14.9 Å². The van der Waals surface area contributed by atoms with Crippen LogP contribution in [0.5, 0.6) is 11.8 Å². The summed E-state index contributed by atoms with van der Waals surface area (Å²) in [6.45, 7) is 5.11. The van der Waals surface area contributed by atoms with E-state index in [1.807, 2.05) is 0 Å². The van der Waals surface area contributed by atoms with Crippen LogP contribution in [0.4, 0.5) is 4.39 Å². The predicted octanol–water partition coefficient (Wildman–Crippen LogP) is 2.26. The van der Waals surface area contributed by atoms with Crippen molar-refractivity contribution in [1.82, 2.24) is 15.3 Å². The normalized spacial score (nSPS) is 15.9. The van der Waals surface area contributed by atoms with Crippen molar-refractivity contribution in [2.75, 3.05) is 19.3 Å². The fraction of sp³-hybridized carbons (Fsp3) is 0.421. The molecule has 0 amide bonds. The van der Waals surface area contributed by atoms with Crippen LogP contribution < -0.4 is 14.9 Å². The molecule has 1 aromatic heterocycles. The summed E-state index contributed by atoms with van der Waals surface area (Å²) in [6.07, 6.45) is 4.20. The number of piperidine rings is 1. The van der Waals surface area contributed by atoms with Gasteiger partial charge in [-0.25, -0.2) is 17.8 Å². The molecule has 0 unspecified atom stereocenters. The van der Waals surface area contributed by atoms with Crippen LogP contribution in [0.1, 0.15) is 30.9 Å². The van der Waals surface area contributed by atoms with Gasteiger partial charge in [0.25, 0.3) is 5.88 Å². The van der Waals surface area contributed by atoms with Crippen LogP contribution in [-0.4, -0.2) is 49.5 Å². The first-order valence-corrected chi connectivity index (χ1v) is 11.1. The SMILES string of the molecule is CC(=NOc1ncnc(OC2CCNCC2)c1C)c1ccc(S(C)(=O)=O)cc1F. The lowest BCUT2D eigenvalue weighted by atomic mass is 10.1. The number of rotatable bonds is 6. The van der Waals surface area contributed by atoms with Gasteiger partial charge in [0.05, 0.1) is 16.2 Å². The number of hydrogen-bond donors (Lipinski definition) is 1. The maximum atomic E-state index is 14.3. The summed E-state index contributed by atoms with van der Waals surface area (Å²) < 4.78 is 43.3. The second-order valence-electron chi connectivity index (χ2n) is 6.86. The lowest BCUT2D eigenvalue weighted by Crippen LogP contribution is -2.34. The van der Waals surface area contributed by atoms with Crippen molar-refractivity contribution in [3.8, 4) is 11.8 Å². The minimum atomic E-state index is -3.49. The van der Waals surface area contributed by atoms with E-state index in [-0.39, 0.29) is 28.2 Å². The summed E-state index contributed by atoms with van der Waals surface area (Å²) in [7, 11) is -3.49. The molecule has 0 spiro atoms. The zero-order valence-electron chi connectivity index (χ0n) is 16.5. The van der Waals surface area contributed by atoms with Crippen molar-refractivity contribution in [1.29, 1.82) is 0 Å². The molecule has 1 aliphatic heterocycles. The molecular formula is C19H23FN4O4S. The summed E-state index contributed by atoms with van der Waals surface area (Å²) >= 11 is 0. The lowest BCUT2D eigenvalue weighted by Gasteiger charge is -2.23. The quantitative estimate of drug-likeness (QED) is 0.563. The smallest absolute Gasteiger partial charge is 0.258 e. The molecule has 3 rings (SSSR count). The summed E-state index contributed by atoms with van der Waals surface area (Å²) in [5.41, 5.74) is 0.965. The lowest BCUT2D eigenvalue weighted by molar-refractivity contribution is 0.153. The zero-order chi connectivity index (χ0) is 21.0. The predicted molar refractivity (Wildman–Crippen MR) is 106 cm³/mol. The molecule has 2 aromatic rings. The molecule has 29 heavy (non-hydrogen) atoms. The van der Waals surface area contributed by atoms with Crippen molar-refractivity contribution in [2.24, 2.45) is 5.16 Å². The first-order valence-electron chi connectivity index (χ1n) is 9.16. The van der Waals surface area contributed by atoms with Gasteiger partial charge in [-0.1, -0.05) is 5.16 Å². The van der Waals surface area contributed by atoms with Gasteiger partial charge in [0.15, 0.2) is 9.84 Å². The standard InChI is InChI=1S/C19H23FN4O4S/c1-12-18(27-14-6-8-21-9-7-14)22-11-23-19(12)28-24-13(2)16-5-4-15(10-17(16)20)29(3,25)26/h4-5,10-11,14,21H,6-9H2,1-3H3. The third kappa shape index (κ3) is 5.27. The topological polar surface area (TPSA) is 103 Å². The van der Waals surface area contributed by atoms with Crippen molar-refractivity contribution in [2.45, 2.75) is 37.7 Å². The number of benzene rings is 1.